The minimum absolute atomic E-state index is 0.0266. The molecule has 3 nitrogen and oxygen atoms in total. The average Bonchev–Trinajstić information content (AvgIpc) is 2.34. The zero-order valence-corrected chi connectivity index (χ0v) is 6.80. The first-order valence-electron chi connectivity index (χ1n) is 3.88. The molecule has 1 saturated heterocycles. The lowest BCUT2D eigenvalue weighted by molar-refractivity contribution is -0.126. The predicted octanol–water partition coefficient (Wildman–Crippen LogP) is 0.824. The fourth-order valence-electron chi connectivity index (χ4n) is 1.77. The Morgan fingerprint density at radius 1 is 1.55 bits per heavy atom. The third-order valence-electron chi connectivity index (χ3n) is 2.37. The zero-order valence-electron chi connectivity index (χ0n) is 6.05. The molecule has 0 aromatic carbocycles. The van der Waals surface area contributed by atoms with Gasteiger partial charge in [0.05, 0.1) is 12.0 Å². The number of fused-ring (bicyclic) bond motifs is 1. The molecular weight excluding hydrogens is 166 g/mol. The van der Waals surface area contributed by atoms with E-state index >= 15 is 0 Å². The number of halogens is 1. The molecule has 11 heavy (non-hydrogen) atoms. The van der Waals surface area contributed by atoms with E-state index in [1.54, 1.807) is 0 Å². The Morgan fingerprint density at radius 3 is 3.09 bits per heavy atom. The van der Waals surface area contributed by atoms with Crippen LogP contribution in [-0.2, 0) is 9.63 Å². The Morgan fingerprint density at radius 2 is 2.36 bits per heavy atom. The molecule has 2 fully saturated rings. The SMILES string of the molecule is O=C1NOC2CCCC(Cl)C12. The van der Waals surface area contributed by atoms with Gasteiger partial charge in [-0.05, 0) is 19.3 Å². The Bertz CT molecular complexity index is 185. The molecule has 62 valence electrons. The predicted molar refractivity (Wildman–Crippen MR) is 40.0 cm³/mol. The molecule has 0 bridgehead atoms. The lowest BCUT2D eigenvalue weighted by atomic mass is 9.86. The number of alkyl halides is 1. The molecule has 3 atom stereocenters. The monoisotopic (exact) mass is 175 g/mol. The van der Waals surface area contributed by atoms with Crippen LogP contribution in [0.15, 0.2) is 0 Å². The zero-order chi connectivity index (χ0) is 7.84. The smallest absolute Gasteiger partial charge is 0.250 e. The summed E-state index contributed by atoms with van der Waals surface area (Å²) in [6.07, 6.45) is 2.97. The summed E-state index contributed by atoms with van der Waals surface area (Å²) in [4.78, 5) is 16.2. The van der Waals surface area contributed by atoms with E-state index in [1.165, 1.54) is 0 Å². The molecular formula is C7H10ClNO2. The third-order valence-corrected chi connectivity index (χ3v) is 2.86. The Balaban J connectivity index is 2.14. The van der Waals surface area contributed by atoms with Crippen LogP contribution < -0.4 is 5.48 Å². The first kappa shape index (κ1) is 7.37. The minimum atomic E-state index is -0.106. The number of nitrogens with one attached hydrogen (secondary N) is 1. The van der Waals surface area contributed by atoms with Gasteiger partial charge in [-0.25, -0.2) is 5.48 Å². The van der Waals surface area contributed by atoms with Gasteiger partial charge in [-0.2, -0.15) is 0 Å². The fourth-order valence-corrected chi connectivity index (χ4v) is 2.20. The van der Waals surface area contributed by atoms with Crippen molar-refractivity contribution in [1.82, 2.24) is 5.48 Å². The highest BCUT2D eigenvalue weighted by molar-refractivity contribution is 6.22. The van der Waals surface area contributed by atoms with E-state index in [-0.39, 0.29) is 23.3 Å². The van der Waals surface area contributed by atoms with Gasteiger partial charge in [-0.3, -0.25) is 9.63 Å². The van der Waals surface area contributed by atoms with E-state index in [9.17, 15) is 4.79 Å². The average molecular weight is 176 g/mol. The number of carbonyl (C=O) groups is 1. The number of carbonyl (C=O) groups excluding carboxylic acids is 1. The second-order valence-electron chi connectivity index (χ2n) is 3.10. The second kappa shape index (κ2) is 2.64. The molecule has 0 spiro atoms. The van der Waals surface area contributed by atoms with Crippen molar-refractivity contribution in [1.29, 1.82) is 0 Å². The molecule has 1 saturated carbocycles. The Labute approximate surface area is 70.0 Å². The molecule has 2 rings (SSSR count). The van der Waals surface area contributed by atoms with Crippen LogP contribution in [0.3, 0.4) is 0 Å². The maximum Gasteiger partial charge on any atom is 0.250 e. The summed E-state index contributed by atoms with van der Waals surface area (Å²) < 4.78 is 0. The van der Waals surface area contributed by atoms with Crippen LogP contribution in [0.5, 0.6) is 0 Å². The van der Waals surface area contributed by atoms with Gasteiger partial charge in [0.1, 0.15) is 0 Å². The summed E-state index contributed by atoms with van der Waals surface area (Å²) >= 11 is 5.97. The van der Waals surface area contributed by atoms with E-state index in [4.69, 9.17) is 16.4 Å². The number of rotatable bonds is 0. The third kappa shape index (κ3) is 1.12. The van der Waals surface area contributed by atoms with E-state index in [0.717, 1.165) is 19.3 Å². The summed E-state index contributed by atoms with van der Waals surface area (Å²) in [6, 6.07) is 0. The van der Waals surface area contributed by atoms with Crippen molar-refractivity contribution in [3.05, 3.63) is 0 Å². The molecule has 3 unspecified atom stereocenters. The molecule has 1 aliphatic carbocycles. The molecule has 2 aliphatic rings. The van der Waals surface area contributed by atoms with Crippen molar-refractivity contribution in [2.24, 2.45) is 5.92 Å². The quantitative estimate of drug-likeness (QED) is 0.554. The van der Waals surface area contributed by atoms with Crippen LogP contribution in [0.25, 0.3) is 0 Å². The summed E-state index contributed by atoms with van der Waals surface area (Å²) in [5.74, 6) is -0.153. The lowest BCUT2D eigenvalue weighted by Gasteiger charge is -2.24. The summed E-state index contributed by atoms with van der Waals surface area (Å²) in [6.45, 7) is 0. The van der Waals surface area contributed by atoms with Gasteiger partial charge in [-0.1, -0.05) is 0 Å². The first-order chi connectivity index (χ1) is 5.29. The molecule has 0 aromatic heterocycles. The highest BCUT2D eigenvalue weighted by atomic mass is 35.5. The normalized spacial score (nSPS) is 43.4. The van der Waals surface area contributed by atoms with Gasteiger partial charge in [0.2, 0.25) is 0 Å². The molecule has 1 N–H and O–H groups in total. The van der Waals surface area contributed by atoms with Crippen molar-refractivity contribution in [3.63, 3.8) is 0 Å². The van der Waals surface area contributed by atoms with Gasteiger partial charge in [0, 0.05) is 5.38 Å². The molecule has 1 heterocycles. The van der Waals surface area contributed by atoms with Crippen molar-refractivity contribution in [2.45, 2.75) is 30.7 Å². The Hall–Kier alpha value is -0.280. The van der Waals surface area contributed by atoms with Gasteiger partial charge in [0.25, 0.3) is 5.91 Å². The van der Waals surface area contributed by atoms with Gasteiger partial charge in [-0.15, -0.1) is 11.6 Å². The molecule has 1 aliphatic heterocycles. The largest absolute Gasteiger partial charge is 0.272 e. The van der Waals surface area contributed by atoms with Gasteiger partial charge in [0.15, 0.2) is 0 Å². The van der Waals surface area contributed by atoms with Crippen molar-refractivity contribution < 1.29 is 9.63 Å². The maximum atomic E-state index is 11.1. The molecule has 1 amide bonds. The lowest BCUT2D eigenvalue weighted by Crippen LogP contribution is -2.34. The number of hydroxylamine groups is 1. The molecule has 0 radical (unpaired) electrons. The van der Waals surface area contributed by atoms with E-state index < -0.39 is 0 Å². The summed E-state index contributed by atoms with van der Waals surface area (Å²) in [5, 5.41) is -0.0312. The number of hydrogen-bond acceptors (Lipinski definition) is 2. The van der Waals surface area contributed by atoms with Gasteiger partial charge >= 0.3 is 0 Å². The summed E-state index contributed by atoms with van der Waals surface area (Å²) in [7, 11) is 0. The van der Waals surface area contributed by atoms with Crippen molar-refractivity contribution >= 4 is 17.5 Å². The molecule has 0 aromatic rings. The van der Waals surface area contributed by atoms with Crippen LogP contribution in [0.2, 0.25) is 0 Å². The van der Waals surface area contributed by atoms with Crippen molar-refractivity contribution in [3.8, 4) is 0 Å². The fraction of sp³-hybridized carbons (Fsp3) is 0.857. The number of hydrogen-bond donors (Lipinski definition) is 1. The molecule has 4 heteroatoms. The van der Waals surface area contributed by atoms with Crippen LogP contribution >= 0.6 is 11.6 Å². The van der Waals surface area contributed by atoms with E-state index in [1.807, 2.05) is 0 Å². The second-order valence-corrected chi connectivity index (χ2v) is 3.66. The maximum absolute atomic E-state index is 11.1. The summed E-state index contributed by atoms with van der Waals surface area (Å²) in [5.41, 5.74) is 2.37. The Kier molecular flexibility index (Phi) is 1.77. The van der Waals surface area contributed by atoms with Gasteiger partial charge < -0.3 is 0 Å². The number of amides is 1. The van der Waals surface area contributed by atoms with Crippen LogP contribution in [0, 0.1) is 5.92 Å². The minimum Gasteiger partial charge on any atom is -0.272 e. The van der Waals surface area contributed by atoms with Crippen LogP contribution in [0.4, 0.5) is 0 Å². The van der Waals surface area contributed by atoms with Crippen LogP contribution in [0.1, 0.15) is 19.3 Å². The standard InChI is InChI=1S/C7H10ClNO2/c8-4-2-1-3-5-6(4)7(10)9-11-5/h4-6H,1-3H2,(H,9,10). The van der Waals surface area contributed by atoms with E-state index in [0.29, 0.717) is 0 Å². The highest BCUT2D eigenvalue weighted by Gasteiger charge is 2.43. The van der Waals surface area contributed by atoms with Crippen molar-refractivity contribution in [2.75, 3.05) is 0 Å². The van der Waals surface area contributed by atoms with E-state index in [2.05, 4.69) is 5.48 Å². The first-order valence-corrected chi connectivity index (χ1v) is 4.32. The topological polar surface area (TPSA) is 38.3 Å². The van der Waals surface area contributed by atoms with Crippen LogP contribution in [-0.4, -0.2) is 17.4 Å². The highest BCUT2D eigenvalue weighted by Crippen LogP contribution is 2.33.